The van der Waals surface area contributed by atoms with Crippen molar-refractivity contribution in [2.24, 2.45) is 0 Å². The minimum Gasteiger partial charge on any atom is -0.459 e. The Kier molecular flexibility index (Phi) is 4.67. The number of hydrogen-bond donors (Lipinski definition) is 2. The molecule has 0 aliphatic heterocycles. The highest BCUT2D eigenvalue weighted by molar-refractivity contribution is 9.10. The van der Waals surface area contributed by atoms with E-state index in [0.717, 1.165) is 40.5 Å². The first-order chi connectivity index (χ1) is 10.1. The Balaban J connectivity index is 1.75. The van der Waals surface area contributed by atoms with Crippen LogP contribution in [0.25, 0.3) is 11.0 Å². The molecular formula is C17H22BrNO2. The SMILES string of the molecule is CC(NC1CCCCCC1O)c1cc2cc(Br)ccc2o1. The molecule has 3 atom stereocenters. The van der Waals surface area contributed by atoms with Gasteiger partial charge in [-0.2, -0.15) is 0 Å². The average molecular weight is 352 g/mol. The predicted octanol–water partition coefficient (Wildman–Crippen LogP) is 4.54. The van der Waals surface area contributed by atoms with Gasteiger partial charge in [-0.25, -0.2) is 0 Å². The Morgan fingerprint density at radius 1 is 1.24 bits per heavy atom. The Bertz CT molecular complexity index is 610. The molecule has 0 bridgehead atoms. The zero-order valence-electron chi connectivity index (χ0n) is 12.3. The molecule has 114 valence electrons. The summed E-state index contributed by atoms with van der Waals surface area (Å²) in [6.45, 7) is 2.10. The van der Waals surface area contributed by atoms with Gasteiger partial charge < -0.3 is 14.8 Å². The van der Waals surface area contributed by atoms with E-state index < -0.39 is 0 Å². The lowest BCUT2D eigenvalue weighted by molar-refractivity contribution is 0.113. The first-order valence-corrected chi connectivity index (χ1v) is 8.56. The van der Waals surface area contributed by atoms with Gasteiger partial charge in [0.1, 0.15) is 11.3 Å². The molecule has 1 aliphatic rings. The van der Waals surface area contributed by atoms with Crippen molar-refractivity contribution >= 4 is 26.9 Å². The van der Waals surface area contributed by atoms with Gasteiger partial charge in [0.05, 0.1) is 12.1 Å². The molecule has 1 aromatic carbocycles. The summed E-state index contributed by atoms with van der Waals surface area (Å²) in [7, 11) is 0. The molecule has 1 heterocycles. The molecular weight excluding hydrogens is 330 g/mol. The van der Waals surface area contributed by atoms with Crippen LogP contribution < -0.4 is 5.32 Å². The van der Waals surface area contributed by atoms with Crippen molar-refractivity contribution in [3.05, 3.63) is 34.5 Å². The molecule has 0 amide bonds. The maximum atomic E-state index is 10.2. The number of fused-ring (bicyclic) bond motifs is 1. The molecule has 3 unspecified atom stereocenters. The van der Waals surface area contributed by atoms with E-state index in [1.165, 1.54) is 12.8 Å². The molecule has 3 nitrogen and oxygen atoms in total. The van der Waals surface area contributed by atoms with Crippen LogP contribution in [0.3, 0.4) is 0 Å². The summed E-state index contributed by atoms with van der Waals surface area (Å²) in [6, 6.07) is 8.39. The highest BCUT2D eigenvalue weighted by atomic mass is 79.9. The van der Waals surface area contributed by atoms with E-state index in [-0.39, 0.29) is 18.2 Å². The molecule has 0 radical (unpaired) electrons. The van der Waals surface area contributed by atoms with E-state index in [2.05, 4.69) is 40.3 Å². The topological polar surface area (TPSA) is 45.4 Å². The first-order valence-electron chi connectivity index (χ1n) is 7.76. The maximum Gasteiger partial charge on any atom is 0.134 e. The molecule has 1 aromatic heterocycles. The lowest BCUT2D eigenvalue weighted by Gasteiger charge is -2.25. The number of furan rings is 1. The zero-order chi connectivity index (χ0) is 14.8. The molecule has 3 rings (SSSR count). The highest BCUT2D eigenvalue weighted by Crippen LogP contribution is 2.28. The number of aliphatic hydroxyl groups excluding tert-OH is 1. The zero-order valence-corrected chi connectivity index (χ0v) is 13.9. The van der Waals surface area contributed by atoms with Crippen molar-refractivity contribution in [2.75, 3.05) is 0 Å². The minimum atomic E-state index is -0.242. The number of rotatable bonds is 3. The second kappa shape index (κ2) is 6.51. The van der Waals surface area contributed by atoms with Gasteiger partial charge in [0, 0.05) is 15.9 Å². The third-order valence-corrected chi connectivity index (χ3v) is 4.86. The summed E-state index contributed by atoms with van der Waals surface area (Å²) >= 11 is 3.48. The Labute approximate surface area is 133 Å². The van der Waals surface area contributed by atoms with Gasteiger partial charge in [0.15, 0.2) is 0 Å². The van der Waals surface area contributed by atoms with E-state index in [0.29, 0.717) is 0 Å². The molecule has 1 saturated carbocycles. The molecule has 1 fully saturated rings. The summed E-state index contributed by atoms with van der Waals surface area (Å²) in [4.78, 5) is 0. The normalized spacial score (nSPS) is 24.9. The molecule has 21 heavy (non-hydrogen) atoms. The number of benzene rings is 1. The van der Waals surface area contributed by atoms with Gasteiger partial charge in [-0.15, -0.1) is 0 Å². The average Bonchev–Trinajstić information content (AvgIpc) is 2.78. The quantitative estimate of drug-likeness (QED) is 0.798. The first kappa shape index (κ1) is 15.1. The number of hydrogen-bond acceptors (Lipinski definition) is 3. The number of nitrogens with one attached hydrogen (secondary N) is 1. The smallest absolute Gasteiger partial charge is 0.134 e. The van der Waals surface area contributed by atoms with Crippen LogP contribution in [-0.2, 0) is 0 Å². The molecule has 2 aromatic rings. The van der Waals surface area contributed by atoms with E-state index in [4.69, 9.17) is 4.42 Å². The molecule has 0 saturated heterocycles. The standard InChI is InChI=1S/C17H22BrNO2/c1-11(19-14-5-3-2-4-6-15(14)20)17-10-12-9-13(18)7-8-16(12)21-17/h7-11,14-15,19-20H,2-6H2,1H3. The molecule has 2 N–H and O–H groups in total. The lowest BCUT2D eigenvalue weighted by atomic mass is 10.0. The Morgan fingerprint density at radius 3 is 2.90 bits per heavy atom. The van der Waals surface area contributed by atoms with Crippen LogP contribution in [0.1, 0.15) is 50.8 Å². The van der Waals surface area contributed by atoms with Crippen LogP contribution in [0.4, 0.5) is 0 Å². The van der Waals surface area contributed by atoms with Crippen molar-refractivity contribution in [3.8, 4) is 0 Å². The second-order valence-corrected chi connectivity index (χ2v) is 6.95. The lowest BCUT2D eigenvalue weighted by Crippen LogP contribution is -2.40. The van der Waals surface area contributed by atoms with Crippen molar-refractivity contribution in [2.45, 2.75) is 57.2 Å². The van der Waals surface area contributed by atoms with E-state index >= 15 is 0 Å². The Hall–Kier alpha value is -0.840. The molecule has 4 heteroatoms. The van der Waals surface area contributed by atoms with Crippen LogP contribution in [0.15, 0.2) is 33.2 Å². The number of aliphatic hydroxyl groups is 1. The van der Waals surface area contributed by atoms with Gasteiger partial charge in [0.25, 0.3) is 0 Å². The van der Waals surface area contributed by atoms with Crippen LogP contribution >= 0.6 is 15.9 Å². The minimum absolute atomic E-state index is 0.105. The van der Waals surface area contributed by atoms with Crippen LogP contribution in [0.2, 0.25) is 0 Å². The van der Waals surface area contributed by atoms with Crippen molar-refractivity contribution in [1.29, 1.82) is 0 Å². The third-order valence-electron chi connectivity index (χ3n) is 4.37. The summed E-state index contributed by atoms with van der Waals surface area (Å²) in [5.74, 6) is 0.930. The monoisotopic (exact) mass is 351 g/mol. The van der Waals surface area contributed by atoms with Crippen molar-refractivity contribution in [3.63, 3.8) is 0 Å². The Morgan fingerprint density at radius 2 is 2.05 bits per heavy atom. The van der Waals surface area contributed by atoms with Gasteiger partial charge in [0.2, 0.25) is 0 Å². The van der Waals surface area contributed by atoms with E-state index in [1.54, 1.807) is 0 Å². The predicted molar refractivity (Wildman–Crippen MR) is 88.3 cm³/mol. The summed E-state index contributed by atoms with van der Waals surface area (Å²) in [6.07, 6.45) is 5.24. The van der Waals surface area contributed by atoms with Gasteiger partial charge in [-0.3, -0.25) is 0 Å². The van der Waals surface area contributed by atoms with Crippen molar-refractivity contribution < 1.29 is 9.52 Å². The fraction of sp³-hybridized carbons (Fsp3) is 0.529. The highest BCUT2D eigenvalue weighted by Gasteiger charge is 2.24. The molecule has 1 aliphatic carbocycles. The van der Waals surface area contributed by atoms with Gasteiger partial charge in [-0.05, 0) is 44.0 Å². The third kappa shape index (κ3) is 3.50. The number of halogens is 1. The van der Waals surface area contributed by atoms with Crippen LogP contribution in [-0.4, -0.2) is 17.3 Å². The summed E-state index contributed by atoms with van der Waals surface area (Å²) in [5, 5.41) is 14.9. The van der Waals surface area contributed by atoms with Gasteiger partial charge in [-0.1, -0.05) is 35.2 Å². The molecule has 0 spiro atoms. The second-order valence-electron chi connectivity index (χ2n) is 6.03. The van der Waals surface area contributed by atoms with E-state index in [1.807, 2.05) is 12.1 Å². The van der Waals surface area contributed by atoms with Crippen LogP contribution in [0, 0.1) is 0 Å². The summed E-state index contributed by atoms with van der Waals surface area (Å²) < 4.78 is 6.99. The van der Waals surface area contributed by atoms with Gasteiger partial charge >= 0.3 is 0 Å². The fourth-order valence-corrected chi connectivity index (χ4v) is 3.51. The fourth-order valence-electron chi connectivity index (χ4n) is 3.13. The van der Waals surface area contributed by atoms with E-state index in [9.17, 15) is 5.11 Å². The largest absolute Gasteiger partial charge is 0.459 e. The van der Waals surface area contributed by atoms with Crippen LogP contribution in [0.5, 0.6) is 0 Å². The summed E-state index contributed by atoms with van der Waals surface area (Å²) in [5.41, 5.74) is 0.906. The van der Waals surface area contributed by atoms with Crippen molar-refractivity contribution in [1.82, 2.24) is 5.32 Å². The maximum absolute atomic E-state index is 10.2.